The van der Waals surface area contributed by atoms with Crippen molar-refractivity contribution in [2.45, 2.75) is 26.2 Å². The number of amides is 1. The number of piperidine rings is 1. The van der Waals surface area contributed by atoms with Crippen LogP contribution in [0.25, 0.3) is 16.3 Å². The number of nitrogens with zero attached hydrogens (tertiary/aromatic N) is 2. The van der Waals surface area contributed by atoms with E-state index >= 15 is 0 Å². The molecular formula is C26H33N3O4. The van der Waals surface area contributed by atoms with Gasteiger partial charge in [-0.15, -0.1) is 0 Å². The van der Waals surface area contributed by atoms with E-state index < -0.39 is 5.91 Å². The lowest BCUT2D eigenvalue weighted by molar-refractivity contribution is -0.117. The summed E-state index contributed by atoms with van der Waals surface area (Å²) in [6.07, 6.45) is 3.68. The number of hydrogen-bond acceptors (Lipinski definition) is 6. The average Bonchev–Trinajstić information content (AvgIpc) is 2.85. The number of aliphatic hydroxyl groups is 1. The molecule has 0 unspecified atom stereocenters. The minimum Gasteiger partial charge on any atom is -0.394 e. The lowest BCUT2D eigenvalue weighted by Gasteiger charge is -2.30. The van der Waals surface area contributed by atoms with Crippen LogP contribution in [0.2, 0.25) is 0 Å². The zero-order valence-corrected chi connectivity index (χ0v) is 19.3. The SMILES string of the molecule is C/C(=C(/C#N)C(=O)NCCOCCOCCO)c1ccc2cccc(N3CCCCC3)c2c1. The van der Waals surface area contributed by atoms with Gasteiger partial charge in [-0.25, -0.2) is 0 Å². The Balaban J connectivity index is 1.69. The van der Waals surface area contributed by atoms with Crippen molar-refractivity contribution < 1.29 is 19.4 Å². The van der Waals surface area contributed by atoms with E-state index in [0.29, 0.717) is 31.9 Å². The second kappa shape index (κ2) is 12.9. The molecule has 0 aromatic heterocycles. The Labute approximate surface area is 195 Å². The van der Waals surface area contributed by atoms with Gasteiger partial charge in [0.05, 0.1) is 33.0 Å². The number of ether oxygens (including phenoxy) is 2. The molecule has 176 valence electrons. The maximum Gasteiger partial charge on any atom is 0.262 e. The molecule has 33 heavy (non-hydrogen) atoms. The van der Waals surface area contributed by atoms with Gasteiger partial charge in [0.25, 0.3) is 5.91 Å². The van der Waals surface area contributed by atoms with Crippen LogP contribution in [-0.2, 0) is 14.3 Å². The van der Waals surface area contributed by atoms with Crippen molar-refractivity contribution >= 4 is 27.9 Å². The highest BCUT2D eigenvalue weighted by atomic mass is 16.5. The molecule has 0 bridgehead atoms. The summed E-state index contributed by atoms with van der Waals surface area (Å²) in [6, 6.07) is 14.5. The topological polar surface area (TPSA) is 94.8 Å². The summed E-state index contributed by atoms with van der Waals surface area (Å²) in [5.74, 6) is -0.403. The molecule has 0 aliphatic carbocycles. The first-order valence-corrected chi connectivity index (χ1v) is 11.6. The molecule has 1 heterocycles. The van der Waals surface area contributed by atoms with Crippen LogP contribution >= 0.6 is 0 Å². The molecule has 2 aromatic carbocycles. The fourth-order valence-corrected chi connectivity index (χ4v) is 4.06. The average molecular weight is 452 g/mol. The zero-order chi connectivity index (χ0) is 23.5. The van der Waals surface area contributed by atoms with E-state index in [4.69, 9.17) is 14.6 Å². The van der Waals surface area contributed by atoms with Gasteiger partial charge in [-0.1, -0.05) is 24.3 Å². The number of aliphatic hydroxyl groups excluding tert-OH is 1. The number of carbonyl (C=O) groups is 1. The Morgan fingerprint density at radius 3 is 2.58 bits per heavy atom. The molecule has 0 saturated carbocycles. The monoisotopic (exact) mass is 451 g/mol. The normalized spacial score (nSPS) is 14.6. The van der Waals surface area contributed by atoms with Crippen molar-refractivity contribution in [1.82, 2.24) is 5.32 Å². The van der Waals surface area contributed by atoms with Crippen LogP contribution in [0, 0.1) is 11.3 Å². The number of rotatable bonds is 11. The maximum absolute atomic E-state index is 12.6. The Morgan fingerprint density at radius 1 is 1.09 bits per heavy atom. The highest BCUT2D eigenvalue weighted by molar-refractivity contribution is 6.05. The third-order valence-corrected chi connectivity index (χ3v) is 5.84. The molecule has 1 aliphatic rings. The maximum atomic E-state index is 12.6. The summed E-state index contributed by atoms with van der Waals surface area (Å²) < 4.78 is 10.5. The van der Waals surface area contributed by atoms with Gasteiger partial charge in [0.15, 0.2) is 0 Å². The second-order valence-corrected chi connectivity index (χ2v) is 8.08. The van der Waals surface area contributed by atoms with Gasteiger partial charge in [-0.3, -0.25) is 4.79 Å². The number of nitrogens with one attached hydrogen (secondary N) is 1. The van der Waals surface area contributed by atoms with E-state index in [-0.39, 0.29) is 18.8 Å². The molecule has 0 atom stereocenters. The number of allylic oxidation sites excluding steroid dienone is 1. The van der Waals surface area contributed by atoms with Crippen LogP contribution in [0.1, 0.15) is 31.7 Å². The van der Waals surface area contributed by atoms with Crippen LogP contribution in [-0.4, -0.2) is 63.7 Å². The lowest BCUT2D eigenvalue weighted by atomic mass is 9.97. The third kappa shape index (κ3) is 6.78. The van der Waals surface area contributed by atoms with Gasteiger partial charge < -0.3 is 24.8 Å². The van der Waals surface area contributed by atoms with Crippen molar-refractivity contribution in [2.24, 2.45) is 0 Å². The number of hydrogen-bond donors (Lipinski definition) is 2. The van der Waals surface area contributed by atoms with E-state index in [2.05, 4.69) is 46.6 Å². The molecule has 3 rings (SSSR count). The molecule has 1 saturated heterocycles. The first-order chi connectivity index (χ1) is 16.2. The molecule has 2 aromatic rings. The van der Waals surface area contributed by atoms with Gasteiger partial charge >= 0.3 is 0 Å². The van der Waals surface area contributed by atoms with Crippen LogP contribution < -0.4 is 10.2 Å². The minimum absolute atomic E-state index is 0.0184. The van der Waals surface area contributed by atoms with Crippen molar-refractivity contribution in [3.63, 3.8) is 0 Å². The number of benzene rings is 2. The molecule has 7 heteroatoms. The molecule has 0 radical (unpaired) electrons. The Hall–Kier alpha value is -2.92. The standard InChI is InChI=1S/C26H33N3O4/c1-20(24(19-27)26(31)28-10-14-32-16-17-33-15-13-30)22-9-8-21-6-5-7-25(23(21)18-22)29-11-3-2-4-12-29/h5-9,18,30H,2-4,10-17H2,1H3,(H,28,31)/b24-20+. The molecular weight excluding hydrogens is 418 g/mol. The third-order valence-electron chi connectivity index (χ3n) is 5.84. The summed E-state index contributed by atoms with van der Waals surface area (Å²) in [4.78, 5) is 15.1. The summed E-state index contributed by atoms with van der Waals surface area (Å²) in [5, 5.41) is 23.4. The largest absolute Gasteiger partial charge is 0.394 e. The van der Waals surface area contributed by atoms with Crippen molar-refractivity contribution in [1.29, 1.82) is 5.26 Å². The van der Waals surface area contributed by atoms with Gasteiger partial charge in [-0.2, -0.15) is 5.26 Å². The second-order valence-electron chi connectivity index (χ2n) is 8.08. The van der Waals surface area contributed by atoms with Crippen molar-refractivity contribution in [3.8, 4) is 6.07 Å². The van der Waals surface area contributed by atoms with Gasteiger partial charge in [-0.05, 0) is 54.8 Å². The molecule has 0 spiro atoms. The molecule has 1 amide bonds. The van der Waals surface area contributed by atoms with E-state index in [1.165, 1.54) is 24.9 Å². The van der Waals surface area contributed by atoms with Crippen LogP contribution in [0.4, 0.5) is 5.69 Å². The van der Waals surface area contributed by atoms with E-state index in [1.807, 2.05) is 13.0 Å². The highest BCUT2D eigenvalue weighted by Crippen LogP contribution is 2.32. The zero-order valence-electron chi connectivity index (χ0n) is 19.3. The first-order valence-electron chi connectivity index (χ1n) is 11.6. The highest BCUT2D eigenvalue weighted by Gasteiger charge is 2.16. The lowest BCUT2D eigenvalue weighted by Crippen LogP contribution is -2.29. The van der Waals surface area contributed by atoms with Crippen LogP contribution in [0.5, 0.6) is 0 Å². The smallest absolute Gasteiger partial charge is 0.262 e. The number of carbonyl (C=O) groups excluding carboxylic acids is 1. The number of fused-ring (bicyclic) bond motifs is 1. The van der Waals surface area contributed by atoms with Gasteiger partial charge in [0, 0.05) is 30.7 Å². The van der Waals surface area contributed by atoms with Crippen molar-refractivity contribution in [3.05, 3.63) is 47.5 Å². The number of anilines is 1. The predicted molar refractivity (Wildman–Crippen MR) is 130 cm³/mol. The summed E-state index contributed by atoms with van der Waals surface area (Å²) in [7, 11) is 0. The Bertz CT molecular complexity index is 1010. The molecule has 1 aliphatic heterocycles. The fourth-order valence-electron chi connectivity index (χ4n) is 4.06. The predicted octanol–water partition coefficient (Wildman–Crippen LogP) is 3.27. The quantitative estimate of drug-likeness (QED) is 0.309. The van der Waals surface area contributed by atoms with Crippen LogP contribution in [0.3, 0.4) is 0 Å². The molecule has 2 N–H and O–H groups in total. The minimum atomic E-state index is -0.403. The van der Waals surface area contributed by atoms with Gasteiger partial charge in [0.1, 0.15) is 11.6 Å². The van der Waals surface area contributed by atoms with E-state index in [0.717, 1.165) is 29.4 Å². The summed E-state index contributed by atoms with van der Waals surface area (Å²) >= 11 is 0. The van der Waals surface area contributed by atoms with E-state index in [9.17, 15) is 10.1 Å². The van der Waals surface area contributed by atoms with Crippen LogP contribution in [0.15, 0.2) is 42.0 Å². The first kappa shape index (κ1) is 24.7. The van der Waals surface area contributed by atoms with Crippen molar-refractivity contribution in [2.75, 3.05) is 57.6 Å². The summed E-state index contributed by atoms with van der Waals surface area (Å²) in [6.45, 7) is 5.58. The van der Waals surface area contributed by atoms with E-state index in [1.54, 1.807) is 0 Å². The summed E-state index contributed by atoms with van der Waals surface area (Å²) in [5.41, 5.74) is 2.85. The molecule has 1 fully saturated rings. The Kier molecular flexibility index (Phi) is 9.70. The fraction of sp³-hybridized carbons (Fsp3) is 0.462. The van der Waals surface area contributed by atoms with Gasteiger partial charge in [0.2, 0.25) is 0 Å². The Morgan fingerprint density at radius 2 is 1.85 bits per heavy atom. The molecule has 7 nitrogen and oxygen atoms in total. The number of nitriles is 1.